The first-order valence-electron chi connectivity index (χ1n) is 14.5. The van der Waals surface area contributed by atoms with E-state index in [2.05, 4.69) is 42.1 Å². The Morgan fingerprint density at radius 3 is 2.19 bits per heavy atom. The predicted octanol–water partition coefficient (Wildman–Crippen LogP) is 4.96. The van der Waals surface area contributed by atoms with Crippen molar-refractivity contribution in [2.45, 2.75) is 39.8 Å². The number of aliphatic carboxylic acids is 1. The Kier molecular flexibility index (Phi) is 15.4. The van der Waals surface area contributed by atoms with Gasteiger partial charge in [0, 0.05) is 50.9 Å². The van der Waals surface area contributed by atoms with Gasteiger partial charge in [0.2, 0.25) is 0 Å². The molecule has 0 bridgehead atoms. The standard InChI is InChI=1S/C19H23NO2.C14H20N2O3.C2H2/c1-4-20(5-2)19(21)17-10-6-8-15(13-17)12-16-9-7-11-18(14-16)22-3;1-11-8-16(6-5-15-11)9-12-3-2-4-13(7-12)19-10-14(17)18;1-2/h6-11,13-14H,4-5,12H2,1-3H3;2-4,7,11,15H,5-6,8-10H2,1H3,(H,17,18);1-2H/t;11-;/m.0./s1. The van der Waals surface area contributed by atoms with Gasteiger partial charge >= 0.3 is 5.97 Å². The van der Waals surface area contributed by atoms with Crippen LogP contribution in [0.5, 0.6) is 11.5 Å². The summed E-state index contributed by atoms with van der Waals surface area (Å²) in [7, 11) is 1.67. The van der Waals surface area contributed by atoms with Gasteiger partial charge in [0.05, 0.1) is 7.11 Å². The van der Waals surface area contributed by atoms with Gasteiger partial charge in [-0.15, -0.1) is 12.8 Å². The second-order valence-electron chi connectivity index (χ2n) is 10.1. The van der Waals surface area contributed by atoms with E-state index in [-0.39, 0.29) is 12.5 Å². The number of carboxylic acid groups (broad SMARTS) is 1. The van der Waals surface area contributed by atoms with Gasteiger partial charge < -0.3 is 24.8 Å². The highest BCUT2D eigenvalue weighted by atomic mass is 16.5. The summed E-state index contributed by atoms with van der Waals surface area (Å²) in [5.74, 6) is 0.606. The van der Waals surface area contributed by atoms with Crippen molar-refractivity contribution in [1.29, 1.82) is 0 Å². The molecule has 230 valence electrons. The third kappa shape index (κ3) is 12.2. The number of methoxy groups -OCH3 is 1. The van der Waals surface area contributed by atoms with Crippen LogP contribution in [0.3, 0.4) is 0 Å². The first-order valence-corrected chi connectivity index (χ1v) is 14.5. The minimum atomic E-state index is -0.957. The summed E-state index contributed by atoms with van der Waals surface area (Å²) in [4.78, 5) is 27.1. The zero-order valence-electron chi connectivity index (χ0n) is 25.8. The molecule has 3 aromatic carbocycles. The maximum absolute atomic E-state index is 12.4. The molecule has 1 atom stereocenters. The summed E-state index contributed by atoms with van der Waals surface area (Å²) in [6.45, 7) is 11.3. The highest BCUT2D eigenvalue weighted by Crippen LogP contribution is 2.18. The van der Waals surface area contributed by atoms with Crippen molar-refractivity contribution >= 4 is 11.9 Å². The Hall–Kier alpha value is -4.32. The first-order chi connectivity index (χ1) is 20.8. The van der Waals surface area contributed by atoms with Crippen molar-refractivity contribution in [3.8, 4) is 24.3 Å². The van der Waals surface area contributed by atoms with Gasteiger partial charge in [-0.1, -0.05) is 36.4 Å². The van der Waals surface area contributed by atoms with Crippen LogP contribution in [0.25, 0.3) is 0 Å². The second kappa shape index (κ2) is 19.0. The minimum absolute atomic E-state index is 0.0949. The van der Waals surface area contributed by atoms with Crippen molar-refractivity contribution in [3.63, 3.8) is 0 Å². The van der Waals surface area contributed by atoms with Crippen molar-refractivity contribution in [2.24, 2.45) is 0 Å². The van der Waals surface area contributed by atoms with Crippen LogP contribution in [0, 0.1) is 12.8 Å². The van der Waals surface area contributed by atoms with Crippen molar-refractivity contribution in [2.75, 3.05) is 46.4 Å². The number of terminal acetylenes is 1. The van der Waals surface area contributed by atoms with Crippen molar-refractivity contribution < 1.29 is 24.2 Å². The van der Waals surface area contributed by atoms with Gasteiger partial charge in [-0.25, -0.2) is 4.79 Å². The lowest BCUT2D eigenvalue weighted by atomic mass is 10.0. The maximum Gasteiger partial charge on any atom is 0.341 e. The molecule has 3 aromatic rings. The quantitative estimate of drug-likeness (QED) is 0.307. The summed E-state index contributed by atoms with van der Waals surface area (Å²) in [5.41, 5.74) is 4.21. The van der Waals surface area contributed by atoms with E-state index in [4.69, 9.17) is 14.6 Å². The maximum atomic E-state index is 12.4. The molecule has 43 heavy (non-hydrogen) atoms. The number of hydrogen-bond donors (Lipinski definition) is 2. The van der Waals surface area contributed by atoms with E-state index in [1.807, 2.05) is 73.3 Å². The molecule has 4 rings (SSSR count). The molecule has 8 heteroatoms. The Balaban J connectivity index is 0.000000286. The third-order valence-corrected chi connectivity index (χ3v) is 6.89. The van der Waals surface area contributed by atoms with Gasteiger partial charge in [0.25, 0.3) is 5.91 Å². The molecule has 8 nitrogen and oxygen atoms in total. The smallest absolute Gasteiger partial charge is 0.341 e. The number of nitrogens with zero attached hydrogens (tertiary/aromatic N) is 2. The summed E-state index contributed by atoms with van der Waals surface area (Å²) < 4.78 is 10.4. The van der Waals surface area contributed by atoms with Gasteiger partial charge in [-0.3, -0.25) is 9.69 Å². The van der Waals surface area contributed by atoms with E-state index in [1.165, 1.54) is 5.56 Å². The molecule has 0 spiro atoms. The molecule has 1 aliphatic heterocycles. The largest absolute Gasteiger partial charge is 0.497 e. The highest BCUT2D eigenvalue weighted by Gasteiger charge is 2.16. The van der Waals surface area contributed by atoms with Crippen LogP contribution >= 0.6 is 0 Å². The topological polar surface area (TPSA) is 91.3 Å². The molecule has 0 unspecified atom stereocenters. The monoisotopic (exact) mass is 587 g/mol. The molecular weight excluding hydrogens is 542 g/mol. The Labute approximate surface area is 256 Å². The molecule has 0 aliphatic carbocycles. The molecular formula is C35H45N3O5. The number of amides is 1. The number of carbonyl (C=O) groups excluding carboxylic acids is 1. The van der Waals surface area contributed by atoms with E-state index < -0.39 is 5.97 Å². The fourth-order valence-electron chi connectivity index (χ4n) is 4.82. The van der Waals surface area contributed by atoms with Crippen LogP contribution < -0.4 is 14.8 Å². The van der Waals surface area contributed by atoms with E-state index in [9.17, 15) is 9.59 Å². The van der Waals surface area contributed by atoms with E-state index in [0.717, 1.165) is 68.1 Å². The van der Waals surface area contributed by atoms with Crippen LogP contribution in [-0.4, -0.2) is 79.3 Å². The molecule has 0 aromatic heterocycles. The molecule has 1 aliphatic rings. The average Bonchev–Trinajstić information content (AvgIpc) is 3.02. The zero-order valence-corrected chi connectivity index (χ0v) is 25.8. The van der Waals surface area contributed by atoms with E-state index in [1.54, 1.807) is 13.2 Å². The number of nitrogens with one attached hydrogen (secondary N) is 1. The van der Waals surface area contributed by atoms with E-state index in [0.29, 0.717) is 11.8 Å². The van der Waals surface area contributed by atoms with Crippen molar-refractivity contribution in [1.82, 2.24) is 15.1 Å². The number of ether oxygens (including phenoxy) is 2. The molecule has 0 saturated carbocycles. The minimum Gasteiger partial charge on any atom is -0.497 e. The van der Waals surface area contributed by atoms with Gasteiger partial charge in [-0.05, 0) is 80.3 Å². The van der Waals surface area contributed by atoms with Crippen LogP contribution in [-0.2, 0) is 17.8 Å². The summed E-state index contributed by atoms with van der Waals surface area (Å²) in [5, 5.41) is 12.0. The number of carbonyl (C=O) groups is 2. The molecule has 1 amide bonds. The molecule has 2 N–H and O–H groups in total. The molecule has 1 fully saturated rings. The molecule has 1 heterocycles. The zero-order chi connectivity index (χ0) is 31.6. The Morgan fingerprint density at radius 1 is 0.953 bits per heavy atom. The number of benzene rings is 3. The lowest BCUT2D eigenvalue weighted by Crippen LogP contribution is -2.48. The number of piperazine rings is 1. The summed E-state index contributed by atoms with van der Waals surface area (Å²) in [6.07, 6.45) is 8.79. The number of carboxylic acids is 1. The third-order valence-electron chi connectivity index (χ3n) is 6.89. The lowest BCUT2D eigenvalue weighted by molar-refractivity contribution is -0.139. The van der Waals surface area contributed by atoms with Crippen LogP contribution in [0.1, 0.15) is 47.8 Å². The SMILES string of the molecule is C#C.CCN(CC)C(=O)c1cccc(Cc2cccc(OC)c2)c1.C[C@H]1CN(Cc2cccc(OCC(=O)O)c2)CCN1. The predicted molar refractivity (Wildman–Crippen MR) is 172 cm³/mol. The number of hydrogen-bond acceptors (Lipinski definition) is 6. The summed E-state index contributed by atoms with van der Waals surface area (Å²) >= 11 is 0. The van der Waals surface area contributed by atoms with Gasteiger partial charge in [-0.2, -0.15) is 0 Å². The highest BCUT2D eigenvalue weighted by molar-refractivity contribution is 5.94. The summed E-state index contributed by atoms with van der Waals surface area (Å²) in [6, 6.07) is 24.0. The fourth-order valence-corrected chi connectivity index (χ4v) is 4.82. The second-order valence-corrected chi connectivity index (χ2v) is 10.1. The Morgan fingerprint density at radius 2 is 1.56 bits per heavy atom. The van der Waals surface area contributed by atoms with Crippen molar-refractivity contribution in [3.05, 3.63) is 95.1 Å². The van der Waals surface area contributed by atoms with E-state index >= 15 is 0 Å². The Bertz CT molecular complexity index is 1310. The normalized spacial score (nSPS) is 14.2. The van der Waals surface area contributed by atoms with Gasteiger partial charge in [0.1, 0.15) is 11.5 Å². The molecule has 1 saturated heterocycles. The van der Waals surface area contributed by atoms with Crippen LogP contribution in [0.15, 0.2) is 72.8 Å². The fraction of sp³-hybridized carbons (Fsp3) is 0.371. The average molecular weight is 588 g/mol. The molecule has 0 radical (unpaired) electrons. The first kappa shape index (κ1) is 34.9. The lowest BCUT2D eigenvalue weighted by Gasteiger charge is -2.31. The number of rotatable bonds is 11. The van der Waals surface area contributed by atoms with Crippen LogP contribution in [0.4, 0.5) is 0 Å². The van der Waals surface area contributed by atoms with Gasteiger partial charge in [0.15, 0.2) is 6.61 Å². The van der Waals surface area contributed by atoms with Crippen LogP contribution in [0.2, 0.25) is 0 Å².